The molecule has 1 aliphatic heterocycles. The molecule has 1 aromatic heterocycles. The number of Topliss-reactive ketones (excluding diaryl/α,β-unsaturated/α-hetero) is 1. The van der Waals surface area contributed by atoms with Gasteiger partial charge in [0.2, 0.25) is 5.78 Å². The molecule has 0 unspecified atom stereocenters. The zero-order chi connectivity index (χ0) is 14.1. The molecule has 2 heterocycles. The summed E-state index contributed by atoms with van der Waals surface area (Å²) in [7, 11) is 0. The molecule has 0 fully saturated rings. The molecule has 0 spiro atoms. The third kappa shape index (κ3) is 2.13. The van der Waals surface area contributed by atoms with Crippen LogP contribution in [0.4, 0.5) is 0 Å². The van der Waals surface area contributed by atoms with Gasteiger partial charge in [0.25, 0.3) is 0 Å². The molecule has 0 amide bonds. The molecule has 0 atom stereocenters. The predicted octanol–water partition coefficient (Wildman–Crippen LogP) is 3.22. The highest BCUT2D eigenvalue weighted by atomic mass is 16.5. The summed E-state index contributed by atoms with van der Waals surface area (Å²) in [6, 6.07) is 9.67. The number of hydrogen-bond acceptors (Lipinski definition) is 3. The molecule has 2 aromatic rings. The molecule has 0 bridgehead atoms. The van der Waals surface area contributed by atoms with Gasteiger partial charge >= 0.3 is 0 Å². The summed E-state index contributed by atoms with van der Waals surface area (Å²) in [6.07, 6.45) is 3.50. The van der Waals surface area contributed by atoms with Gasteiger partial charge in [-0.2, -0.15) is 5.10 Å². The molecule has 0 N–H and O–H groups in total. The zero-order valence-electron chi connectivity index (χ0n) is 11.5. The molecule has 0 aliphatic carbocycles. The highest BCUT2D eigenvalue weighted by Crippen LogP contribution is 2.24. The van der Waals surface area contributed by atoms with Crippen molar-refractivity contribution in [1.82, 2.24) is 9.78 Å². The lowest BCUT2D eigenvalue weighted by molar-refractivity contribution is 0.0870. The number of carbonyl (C=O) groups is 1. The fraction of sp³-hybridized carbons (Fsp3) is 0.250. The molecule has 102 valence electrons. The fourth-order valence-corrected chi connectivity index (χ4v) is 2.33. The lowest BCUT2D eigenvalue weighted by Gasteiger charge is -2.19. The molecule has 20 heavy (non-hydrogen) atoms. The van der Waals surface area contributed by atoms with Crippen LogP contribution in [0.2, 0.25) is 0 Å². The Labute approximate surface area is 117 Å². The average molecular weight is 268 g/mol. The number of ether oxygens (including phenoxy) is 1. The van der Waals surface area contributed by atoms with Crippen LogP contribution in [-0.2, 0) is 11.3 Å². The Kier molecular flexibility index (Phi) is 3.14. The van der Waals surface area contributed by atoms with Crippen LogP contribution in [0.1, 0.15) is 41.5 Å². The maximum Gasteiger partial charge on any atom is 0.228 e. The van der Waals surface area contributed by atoms with Crippen molar-refractivity contribution in [2.45, 2.75) is 26.5 Å². The minimum atomic E-state index is -0.0663. The first kappa shape index (κ1) is 12.7. The first-order chi connectivity index (χ1) is 9.66. The second-order valence-electron chi connectivity index (χ2n) is 5.08. The highest BCUT2D eigenvalue weighted by Gasteiger charge is 2.23. The van der Waals surface area contributed by atoms with Crippen LogP contribution in [0.3, 0.4) is 0 Å². The van der Waals surface area contributed by atoms with Crippen molar-refractivity contribution < 1.29 is 9.53 Å². The van der Waals surface area contributed by atoms with Crippen molar-refractivity contribution in [2.24, 2.45) is 0 Å². The SMILES string of the molecule is CC(C)n1nccc1C=C1OCc2ccccc2C1=O. The van der Waals surface area contributed by atoms with Crippen LogP contribution in [0.25, 0.3) is 6.08 Å². The maximum atomic E-state index is 12.4. The summed E-state index contributed by atoms with van der Waals surface area (Å²) in [6.45, 7) is 4.53. The summed E-state index contributed by atoms with van der Waals surface area (Å²) >= 11 is 0. The van der Waals surface area contributed by atoms with Crippen LogP contribution in [-0.4, -0.2) is 15.6 Å². The number of benzene rings is 1. The Balaban J connectivity index is 1.98. The molecule has 3 rings (SSSR count). The second kappa shape index (κ2) is 4.96. The number of carbonyl (C=O) groups excluding carboxylic acids is 1. The molecule has 0 saturated heterocycles. The van der Waals surface area contributed by atoms with Crippen molar-refractivity contribution in [3.05, 3.63) is 59.1 Å². The fourth-order valence-electron chi connectivity index (χ4n) is 2.33. The molecular weight excluding hydrogens is 252 g/mol. The van der Waals surface area contributed by atoms with E-state index in [1.165, 1.54) is 0 Å². The number of aromatic nitrogens is 2. The van der Waals surface area contributed by atoms with Crippen LogP contribution in [0, 0.1) is 0 Å². The number of nitrogens with zero attached hydrogens (tertiary/aromatic N) is 2. The zero-order valence-corrected chi connectivity index (χ0v) is 11.5. The molecule has 0 saturated carbocycles. The second-order valence-corrected chi connectivity index (χ2v) is 5.08. The van der Waals surface area contributed by atoms with Crippen molar-refractivity contribution in [3.63, 3.8) is 0 Å². The van der Waals surface area contributed by atoms with Crippen molar-refractivity contribution >= 4 is 11.9 Å². The van der Waals surface area contributed by atoms with E-state index in [2.05, 4.69) is 5.10 Å². The molecule has 4 nitrogen and oxygen atoms in total. The van der Waals surface area contributed by atoms with Crippen molar-refractivity contribution in [1.29, 1.82) is 0 Å². The Morgan fingerprint density at radius 3 is 2.90 bits per heavy atom. The third-order valence-electron chi connectivity index (χ3n) is 3.34. The largest absolute Gasteiger partial charge is 0.485 e. The molecule has 4 heteroatoms. The van der Waals surface area contributed by atoms with Gasteiger partial charge in [-0.25, -0.2) is 0 Å². The Hall–Kier alpha value is -2.36. The van der Waals surface area contributed by atoms with Gasteiger partial charge in [-0.1, -0.05) is 24.3 Å². The van der Waals surface area contributed by atoms with Gasteiger partial charge in [-0.15, -0.1) is 0 Å². The molecule has 0 radical (unpaired) electrons. The smallest absolute Gasteiger partial charge is 0.228 e. The Morgan fingerprint density at radius 1 is 1.30 bits per heavy atom. The van der Waals surface area contributed by atoms with E-state index in [9.17, 15) is 4.79 Å². The van der Waals surface area contributed by atoms with E-state index >= 15 is 0 Å². The van der Waals surface area contributed by atoms with Crippen molar-refractivity contribution in [3.8, 4) is 0 Å². The van der Waals surface area contributed by atoms with Gasteiger partial charge in [0.15, 0.2) is 5.76 Å². The highest BCUT2D eigenvalue weighted by molar-refractivity contribution is 6.11. The van der Waals surface area contributed by atoms with E-state index in [1.807, 2.05) is 48.9 Å². The topological polar surface area (TPSA) is 44.1 Å². The van der Waals surface area contributed by atoms with E-state index in [0.29, 0.717) is 12.4 Å². The van der Waals surface area contributed by atoms with Gasteiger partial charge in [-0.05, 0) is 19.9 Å². The van der Waals surface area contributed by atoms with Crippen LogP contribution >= 0.6 is 0 Å². The quantitative estimate of drug-likeness (QED) is 0.785. The lowest BCUT2D eigenvalue weighted by atomic mass is 10.00. The number of rotatable bonds is 2. The lowest BCUT2D eigenvalue weighted by Crippen LogP contribution is -2.16. The van der Waals surface area contributed by atoms with Gasteiger partial charge in [0.05, 0.1) is 5.69 Å². The predicted molar refractivity (Wildman–Crippen MR) is 76.2 cm³/mol. The van der Waals surface area contributed by atoms with Crippen LogP contribution in [0.15, 0.2) is 42.3 Å². The van der Waals surface area contributed by atoms with E-state index in [4.69, 9.17) is 4.74 Å². The summed E-state index contributed by atoms with van der Waals surface area (Å²) in [5, 5.41) is 4.26. The number of fused-ring (bicyclic) bond motifs is 1. The van der Waals surface area contributed by atoms with Gasteiger partial charge < -0.3 is 4.74 Å². The third-order valence-corrected chi connectivity index (χ3v) is 3.34. The molecular formula is C16H16N2O2. The van der Waals surface area contributed by atoms with Crippen molar-refractivity contribution in [2.75, 3.05) is 0 Å². The van der Waals surface area contributed by atoms with Gasteiger partial charge in [0, 0.05) is 29.4 Å². The van der Waals surface area contributed by atoms with Crippen LogP contribution < -0.4 is 0 Å². The first-order valence-corrected chi connectivity index (χ1v) is 6.67. The van der Waals surface area contributed by atoms with E-state index in [1.54, 1.807) is 12.3 Å². The van der Waals surface area contributed by atoms with Gasteiger partial charge in [0.1, 0.15) is 6.61 Å². The molecule has 1 aromatic carbocycles. The normalized spacial score (nSPS) is 16.4. The number of ketones is 1. The van der Waals surface area contributed by atoms with E-state index < -0.39 is 0 Å². The Morgan fingerprint density at radius 2 is 2.10 bits per heavy atom. The monoisotopic (exact) mass is 268 g/mol. The molecule has 1 aliphatic rings. The maximum absolute atomic E-state index is 12.4. The van der Waals surface area contributed by atoms with Crippen LogP contribution in [0.5, 0.6) is 0 Å². The van der Waals surface area contributed by atoms with Gasteiger partial charge in [-0.3, -0.25) is 9.48 Å². The number of allylic oxidation sites excluding steroid dienone is 1. The summed E-state index contributed by atoms with van der Waals surface area (Å²) in [4.78, 5) is 12.4. The number of hydrogen-bond donors (Lipinski definition) is 0. The minimum Gasteiger partial charge on any atom is -0.485 e. The minimum absolute atomic E-state index is 0.0663. The van der Waals surface area contributed by atoms with E-state index in [-0.39, 0.29) is 11.8 Å². The summed E-state index contributed by atoms with van der Waals surface area (Å²) in [5.74, 6) is 0.314. The standard InChI is InChI=1S/C16H16N2O2/c1-11(2)18-13(7-8-17-18)9-15-16(19)14-6-4-3-5-12(14)10-20-15/h3-9,11H,10H2,1-2H3. The first-order valence-electron chi connectivity index (χ1n) is 6.67. The average Bonchev–Trinajstić information content (AvgIpc) is 2.91. The van der Waals surface area contributed by atoms with E-state index in [0.717, 1.165) is 16.8 Å². The summed E-state index contributed by atoms with van der Waals surface area (Å²) in [5.41, 5.74) is 2.54. The Bertz CT molecular complexity index is 683. The summed E-state index contributed by atoms with van der Waals surface area (Å²) < 4.78 is 7.46.